The van der Waals surface area contributed by atoms with Gasteiger partial charge in [-0.1, -0.05) is 27.7 Å². The van der Waals surface area contributed by atoms with Gasteiger partial charge in [-0.3, -0.25) is 4.79 Å². The molecule has 0 heterocycles. The zero-order valence-electron chi connectivity index (χ0n) is 11.0. The first-order valence-electron chi connectivity index (χ1n) is 5.74. The van der Waals surface area contributed by atoms with E-state index in [1.54, 1.807) is 6.92 Å². The summed E-state index contributed by atoms with van der Waals surface area (Å²) in [6, 6.07) is 0. The van der Waals surface area contributed by atoms with Crippen molar-refractivity contribution in [2.45, 2.75) is 40.5 Å². The van der Waals surface area contributed by atoms with Gasteiger partial charge in [-0.05, 0) is 18.3 Å². The van der Waals surface area contributed by atoms with Crippen molar-refractivity contribution >= 4 is 16.0 Å². The molecule has 102 valence electrons. The Labute approximate surface area is 104 Å². The smallest absolute Gasteiger partial charge is 0.306 e. The van der Waals surface area contributed by atoms with Crippen molar-refractivity contribution < 1.29 is 18.3 Å². The molecule has 2 N–H and O–H groups in total. The van der Waals surface area contributed by atoms with E-state index < -0.39 is 21.9 Å². The summed E-state index contributed by atoms with van der Waals surface area (Å²) in [5, 5.41) is 8.64. The number of rotatable bonds is 7. The molecule has 5 nitrogen and oxygen atoms in total. The minimum atomic E-state index is -3.28. The van der Waals surface area contributed by atoms with E-state index in [0.717, 1.165) is 0 Å². The van der Waals surface area contributed by atoms with Crippen molar-refractivity contribution in [3.63, 3.8) is 0 Å². The number of hydrogen-bond donors (Lipinski definition) is 2. The van der Waals surface area contributed by atoms with Crippen LogP contribution in [0.25, 0.3) is 0 Å². The highest BCUT2D eigenvalue weighted by Gasteiger charge is 2.18. The average molecular weight is 265 g/mol. The standard InChI is InChI=1S/C11H23NO4S/c1-9(10(13)14)5-7-12-17(15,16)8-6-11(2,3)4/h9,12H,5-8H2,1-4H3,(H,13,14). The van der Waals surface area contributed by atoms with Gasteiger partial charge in [0, 0.05) is 6.54 Å². The molecule has 6 heteroatoms. The molecule has 0 saturated heterocycles. The van der Waals surface area contributed by atoms with Crippen LogP contribution in [0.15, 0.2) is 0 Å². The topological polar surface area (TPSA) is 83.5 Å². The van der Waals surface area contributed by atoms with Crippen LogP contribution in [0.2, 0.25) is 0 Å². The molecular weight excluding hydrogens is 242 g/mol. The Bertz CT molecular complexity index is 343. The molecule has 0 bridgehead atoms. The number of aliphatic carboxylic acids is 1. The highest BCUT2D eigenvalue weighted by molar-refractivity contribution is 7.89. The number of hydrogen-bond acceptors (Lipinski definition) is 3. The Morgan fingerprint density at radius 1 is 1.35 bits per heavy atom. The largest absolute Gasteiger partial charge is 0.481 e. The highest BCUT2D eigenvalue weighted by atomic mass is 32.2. The van der Waals surface area contributed by atoms with Gasteiger partial charge in [0.05, 0.1) is 11.7 Å². The number of sulfonamides is 1. The van der Waals surface area contributed by atoms with E-state index in [-0.39, 0.29) is 17.7 Å². The van der Waals surface area contributed by atoms with Crippen LogP contribution in [0.4, 0.5) is 0 Å². The Kier molecular flexibility index (Phi) is 6.12. The molecule has 17 heavy (non-hydrogen) atoms. The Balaban J connectivity index is 3.99. The fraction of sp³-hybridized carbons (Fsp3) is 0.909. The maximum atomic E-state index is 11.6. The summed E-state index contributed by atoms with van der Waals surface area (Å²) in [5.41, 5.74) is -0.0247. The van der Waals surface area contributed by atoms with Crippen LogP contribution in [-0.4, -0.2) is 31.8 Å². The molecule has 0 aromatic rings. The first-order valence-corrected chi connectivity index (χ1v) is 7.39. The lowest BCUT2D eigenvalue weighted by Crippen LogP contribution is -2.30. The van der Waals surface area contributed by atoms with Crippen molar-refractivity contribution in [3.8, 4) is 0 Å². The number of carboxylic acid groups (broad SMARTS) is 1. The zero-order chi connectivity index (χ0) is 13.7. The zero-order valence-corrected chi connectivity index (χ0v) is 11.8. The van der Waals surface area contributed by atoms with Crippen LogP contribution in [0, 0.1) is 11.3 Å². The monoisotopic (exact) mass is 265 g/mol. The van der Waals surface area contributed by atoms with E-state index in [4.69, 9.17) is 5.11 Å². The molecule has 0 spiro atoms. The summed E-state index contributed by atoms with van der Waals surface area (Å²) in [6.45, 7) is 7.69. The maximum Gasteiger partial charge on any atom is 0.306 e. The fourth-order valence-corrected chi connectivity index (χ4v) is 2.52. The van der Waals surface area contributed by atoms with Gasteiger partial charge in [-0.15, -0.1) is 0 Å². The first-order chi connectivity index (χ1) is 7.53. The second-order valence-electron chi connectivity index (χ2n) is 5.55. The third-order valence-electron chi connectivity index (χ3n) is 2.44. The maximum absolute atomic E-state index is 11.6. The summed E-state index contributed by atoms with van der Waals surface area (Å²) >= 11 is 0. The van der Waals surface area contributed by atoms with Crippen molar-refractivity contribution in [2.75, 3.05) is 12.3 Å². The predicted molar refractivity (Wildman–Crippen MR) is 67.3 cm³/mol. The molecule has 0 aliphatic rings. The van der Waals surface area contributed by atoms with E-state index in [1.165, 1.54) is 0 Å². The van der Waals surface area contributed by atoms with E-state index in [0.29, 0.717) is 12.8 Å². The lowest BCUT2D eigenvalue weighted by molar-refractivity contribution is -0.141. The van der Waals surface area contributed by atoms with Gasteiger partial charge in [0.15, 0.2) is 0 Å². The summed E-state index contributed by atoms with van der Waals surface area (Å²) in [5.74, 6) is -1.35. The third-order valence-corrected chi connectivity index (χ3v) is 3.83. The van der Waals surface area contributed by atoms with Gasteiger partial charge >= 0.3 is 5.97 Å². The van der Waals surface area contributed by atoms with Crippen LogP contribution in [-0.2, 0) is 14.8 Å². The molecule has 0 saturated carbocycles. The van der Waals surface area contributed by atoms with Crippen molar-refractivity contribution in [1.29, 1.82) is 0 Å². The highest BCUT2D eigenvalue weighted by Crippen LogP contribution is 2.18. The van der Waals surface area contributed by atoms with Gasteiger partial charge in [0.2, 0.25) is 10.0 Å². The van der Waals surface area contributed by atoms with E-state index >= 15 is 0 Å². The SMILES string of the molecule is CC(CCNS(=O)(=O)CCC(C)(C)C)C(=O)O. The Morgan fingerprint density at radius 2 is 1.88 bits per heavy atom. The molecule has 0 aliphatic carbocycles. The normalized spacial score (nSPS) is 14.6. The average Bonchev–Trinajstić information content (AvgIpc) is 2.13. The molecule has 0 aromatic heterocycles. The van der Waals surface area contributed by atoms with Crippen molar-refractivity contribution in [1.82, 2.24) is 4.72 Å². The molecule has 1 atom stereocenters. The predicted octanol–water partition coefficient (Wildman–Crippen LogP) is 1.45. The van der Waals surface area contributed by atoms with Crippen LogP contribution in [0.1, 0.15) is 40.5 Å². The first kappa shape index (κ1) is 16.4. The minimum absolute atomic E-state index is 0.0247. The fourth-order valence-electron chi connectivity index (χ4n) is 1.07. The van der Waals surface area contributed by atoms with E-state index in [9.17, 15) is 13.2 Å². The number of nitrogens with one attached hydrogen (secondary N) is 1. The number of carbonyl (C=O) groups is 1. The Hall–Kier alpha value is -0.620. The molecule has 1 unspecified atom stereocenters. The van der Waals surface area contributed by atoms with Gasteiger partial charge in [-0.25, -0.2) is 13.1 Å². The minimum Gasteiger partial charge on any atom is -0.481 e. The third kappa shape index (κ3) is 9.12. The van der Waals surface area contributed by atoms with Gasteiger partial charge < -0.3 is 5.11 Å². The quantitative estimate of drug-likeness (QED) is 0.730. The van der Waals surface area contributed by atoms with E-state index in [2.05, 4.69) is 4.72 Å². The molecule has 0 rings (SSSR count). The molecule has 0 amide bonds. The molecular formula is C11H23NO4S. The van der Waals surface area contributed by atoms with Crippen molar-refractivity contribution in [2.24, 2.45) is 11.3 Å². The second kappa shape index (κ2) is 6.35. The van der Waals surface area contributed by atoms with Crippen LogP contribution in [0.3, 0.4) is 0 Å². The van der Waals surface area contributed by atoms with Crippen LogP contribution in [0.5, 0.6) is 0 Å². The Morgan fingerprint density at radius 3 is 2.29 bits per heavy atom. The lowest BCUT2D eigenvalue weighted by Gasteiger charge is -2.18. The summed E-state index contributed by atoms with van der Waals surface area (Å²) < 4.78 is 25.6. The van der Waals surface area contributed by atoms with Crippen LogP contribution < -0.4 is 4.72 Å². The van der Waals surface area contributed by atoms with Gasteiger partial charge in [-0.2, -0.15) is 0 Å². The van der Waals surface area contributed by atoms with Crippen molar-refractivity contribution in [3.05, 3.63) is 0 Å². The van der Waals surface area contributed by atoms with Gasteiger partial charge in [0.25, 0.3) is 0 Å². The summed E-state index contributed by atoms with van der Waals surface area (Å²) in [4.78, 5) is 10.5. The van der Waals surface area contributed by atoms with E-state index in [1.807, 2.05) is 20.8 Å². The molecule has 0 fully saturated rings. The summed E-state index contributed by atoms with van der Waals surface area (Å²) in [6.07, 6.45) is 0.890. The lowest BCUT2D eigenvalue weighted by atomic mass is 9.94. The summed E-state index contributed by atoms with van der Waals surface area (Å²) in [7, 11) is -3.28. The number of carboxylic acids is 1. The van der Waals surface area contributed by atoms with Crippen LogP contribution >= 0.6 is 0 Å². The second-order valence-corrected chi connectivity index (χ2v) is 7.48. The van der Waals surface area contributed by atoms with Gasteiger partial charge in [0.1, 0.15) is 0 Å². The molecule has 0 aromatic carbocycles. The molecule has 0 aliphatic heterocycles. The molecule has 0 radical (unpaired) electrons.